The fraction of sp³-hybridized carbons (Fsp3) is 0.250. The highest BCUT2D eigenvalue weighted by molar-refractivity contribution is 5.89. The molecule has 0 unspecified atom stereocenters. The van der Waals surface area contributed by atoms with Gasteiger partial charge in [0.2, 0.25) is 0 Å². The molecule has 0 bridgehead atoms. The van der Waals surface area contributed by atoms with E-state index in [-0.39, 0.29) is 5.56 Å². The van der Waals surface area contributed by atoms with Gasteiger partial charge in [-0.1, -0.05) is 6.07 Å². The van der Waals surface area contributed by atoms with Gasteiger partial charge in [0.1, 0.15) is 5.82 Å². The Morgan fingerprint density at radius 1 is 1.29 bits per heavy atom. The molecule has 1 N–H and O–H groups in total. The van der Waals surface area contributed by atoms with Crippen molar-refractivity contribution in [3.63, 3.8) is 0 Å². The number of halogens is 1. The minimum atomic E-state index is -1.10. The summed E-state index contributed by atoms with van der Waals surface area (Å²) in [7, 11) is 1.91. The summed E-state index contributed by atoms with van der Waals surface area (Å²) < 4.78 is 13.1. The first kappa shape index (κ1) is 15.1. The predicted octanol–water partition coefficient (Wildman–Crippen LogP) is 2.59. The van der Waals surface area contributed by atoms with Gasteiger partial charge in [0, 0.05) is 25.5 Å². The number of carboxylic acid groups (broad SMARTS) is 1. The molecule has 0 saturated carbocycles. The molecule has 0 fully saturated rings. The fourth-order valence-electron chi connectivity index (χ4n) is 2.12. The zero-order valence-electron chi connectivity index (χ0n) is 11.8. The lowest BCUT2D eigenvalue weighted by Gasteiger charge is -2.18. The molecule has 2 aromatic rings. The largest absolute Gasteiger partial charge is 0.478 e. The van der Waals surface area contributed by atoms with Crippen molar-refractivity contribution in [1.82, 2.24) is 9.88 Å². The number of benzene rings is 1. The van der Waals surface area contributed by atoms with Gasteiger partial charge in [-0.15, -0.1) is 0 Å². The molecule has 21 heavy (non-hydrogen) atoms. The van der Waals surface area contributed by atoms with E-state index in [2.05, 4.69) is 4.98 Å². The molecule has 1 aromatic heterocycles. The van der Waals surface area contributed by atoms with Crippen LogP contribution in [0, 0.1) is 5.82 Å². The van der Waals surface area contributed by atoms with E-state index >= 15 is 0 Å². The molecule has 0 radical (unpaired) electrons. The Hall–Kier alpha value is -2.27. The molecule has 0 spiro atoms. The number of aromatic carboxylic acids is 1. The molecule has 1 aromatic carbocycles. The van der Waals surface area contributed by atoms with Gasteiger partial charge in [-0.05, 0) is 48.9 Å². The number of nitrogens with zero attached hydrogens (tertiary/aromatic N) is 2. The van der Waals surface area contributed by atoms with Crippen LogP contribution in [0.2, 0.25) is 0 Å². The molecule has 0 aliphatic rings. The molecule has 2 rings (SSSR count). The molecule has 5 heteroatoms. The summed E-state index contributed by atoms with van der Waals surface area (Å²) in [6.07, 6.45) is 4.35. The van der Waals surface area contributed by atoms with E-state index in [1.807, 2.05) is 24.1 Å². The molecule has 0 amide bonds. The summed E-state index contributed by atoms with van der Waals surface area (Å²) in [5.74, 6) is -1.64. The minimum Gasteiger partial charge on any atom is -0.478 e. The third-order valence-corrected chi connectivity index (χ3v) is 3.27. The van der Waals surface area contributed by atoms with Crippen LogP contribution in [-0.4, -0.2) is 34.6 Å². The van der Waals surface area contributed by atoms with Crippen molar-refractivity contribution in [2.24, 2.45) is 0 Å². The molecule has 0 saturated heterocycles. The lowest BCUT2D eigenvalue weighted by atomic mass is 10.1. The second-order valence-electron chi connectivity index (χ2n) is 4.95. The number of aromatic nitrogens is 1. The van der Waals surface area contributed by atoms with E-state index in [0.29, 0.717) is 12.1 Å². The van der Waals surface area contributed by atoms with Crippen molar-refractivity contribution >= 4 is 5.97 Å². The average molecular weight is 288 g/mol. The van der Waals surface area contributed by atoms with Crippen LogP contribution in [0.4, 0.5) is 4.39 Å². The number of hydrogen-bond acceptors (Lipinski definition) is 3. The van der Waals surface area contributed by atoms with Crippen LogP contribution < -0.4 is 0 Å². The molecule has 0 aliphatic carbocycles. The number of likely N-dealkylation sites (N-methyl/N-ethyl adjacent to an activating group) is 1. The normalized spacial score (nSPS) is 10.8. The lowest BCUT2D eigenvalue weighted by molar-refractivity contribution is 0.0694. The van der Waals surface area contributed by atoms with Crippen molar-refractivity contribution in [1.29, 1.82) is 0 Å². The zero-order chi connectivity index (χ0) is 15.2. The zero-order valence-corrected chi connectivity index (χ0v) is 11.8. The summed E-state index contributed by atoms with van der Waals surface area (Å²) >= 11 is 0. The highest BCUT2D eigenvalue weighted by Gasteiger charge is 2.12. The van der Waals surface area contributed by atoms with E-state index in [0.717, 1.165) is 19.0 Å². The Labute approximate surface area is 122 Å². The smallest absolute Gasteiger partial charge is 0.336 e. The Morgan fingerprint density at radius 3 is 2.67 bits per heavy atom. The van der Waals surface area contributed by atoms with Gasteiger partial charge >= 0.3 is 5.97 Å². The fourth-order valence-corrected chi connectivity index (χ4v) is 2.12. The summed E-state index contributed by atoms with van der Waals surface area (Å²) in [4.78, 5) is 17.1. The van der Waals surface area contributed by atoms with E-state index < -0.39 is 11.8 Å². The summed E-state index contributed by atoms with van der Waals surface area (Å²) in [6.45, 7) is 1.24. The van der Waals surface area contributed by atoms with Crippen molar-refractivity contribution in [3.05, 3.63) is 65.2 Å². The summed E-state index contributed by atoms with van der Waals surface area (Å²) in [5.41, 5.74) is 1.81. The highest BCUT2D eigenvalue weighted by Crippen LogP contribution is 2.14. The first-order valence-electron chi connectivity index (χ1n) is 6.65. The molecule has 110 valence electrons. The Balaban J connectivity index is 1.99. The monoisotopic (exact) mass is 288 g/mol. The van der Waals surface area contributed by atoms with Crippen LogP contribution in [0.3, 0.4) is 0 Å². The van der Waals surface area contributed by atoms with Gasteiger partial charge < -0.3 is 10.0 Å². The van der Waals surface area contributed by atoms with Crippen LogP contribution >= 0.6 is 0 Å². The molecule has 0 atom stereocenters. The third-order valence-electron chi connectivity index (χ3n) is 3.27. The van der Waals surface area contributed by atoms with E-state index in [1.165, 1.54) is 17.7 Å². The third kappa shape index (κ3) is 4.36. The van der Waals surface area contributed by atoms with Crippen molar-refractivity contribution in [2.75, 3.05) is 13.6 Å². The van der Waals surface area contributed by atoms with Crippen LogP contribution in [-0.2, 0) is 13.0 Å². The SMILES string of the molecule is CN(CCc1ccncc1)Cc1ccc(F)cc1C(=O)O. The Bertz CT molecular complexity index is 617. The van der Waals surface area contributed by atoms with Crippen molar-refractivity contribution < 1.29 is 14.3 Å². The topological polar surface area (TPSA) is 53.4 Å². The molecule has 0 aliphatic heterocycles. The second-order valence-corrected chi connectivity index (χ2v) is 4.95. The van der Waals surface area contributed by atoms with Crippen LogP contribution in [0.15, 0.2) is 42.7 Å². The maximum absolute atomic E-state index is 13.1. The summed E-state index contributed by atoms with van der Waals surface area (Å²) in [5, 5.41) is 9.12. The maximum atomic E-state index is 13.1. The average Bonchev–Trinajstić information content (AvgIpc) is 2.48. The number of rotatable bonds is 6. The second kappa shape index (κ2) is 6.95. The Kier molecular flexibility index (Phi) is 5.00. The highest BCUT2D eigenvalue weighted by atomic mass is 19.1. The predicted molar refractivity (Wildman–Crippen MR) is 77.6 cm³/mol. The van der Waals surface area contributed by atoms with Gasteiger partial charge in [0.25, 0.3) is 0 Å². The number of pyridine rings is 1. The van der Waals surface area contributed by atoms with Crippen LogP contribution in [0.25, 0.3) is 0 Å². The lowest BCUT2D eigenvalue weighted by Crippen LogP contribution is -2.22. The quantitative estimate of drug-likeness (QED) is 0.887. The van der Waals surface area contributed by atoms with Crippen LogP contribution in [0.1, 0.15) is 21.5 Å². The van der Waals surface area contributed by atoms with Crippen molar-refractivity contribution in [3.8, 4) is 0 Å². The molecular weight excluding hydrogens is 271 g/mol. The molecule has 4 nitrogen and oxygen atoms in total. The Morgan fingerprint density at radius 2 is 2.00 bits per heavy atom. The molecule has 1 heterocycles. The summed E-state index contributed by atoms with van der Waals surface area (Å²) in [6, 6.07) is 7.79. The number of carboxylic acids is 1. The molecular formula is C16H17FN2O2. The van der Waals surface area contributed by atoms with Crippen LogP contribution in [0.5, 0.6) is 0 Å². The van der Waals surface area contributed by atoms with Gasteiger partial charge in [0.15, 0.2) is 0 Å². The first-order chi connectivity index (χ1) is 10.1. The van der Waals surface area contributed by atoms with E-state index in [1.54, 1.807) is 12.4 Å². The van der Waals surface area contributed by atoms with E-state index in [4.69, 9.17) is 5.11 Å². The van der Waals surface area contributed by atoms with Gasteiger partial charge in [-0.25, -0.2) is 9.18 Å². The number of hydrogen-bond donors (Lipinski definition) is 1. The van der Waals surface area contributed by atoms with Gasteiger partial charge in [-0.3, -0.25) is 4.98 Å². The van der Waals surface area contributed by atoms with E-state index in [9.17, 15) is 9.18 Å². The minimum absolute atomic E-state index is 0.0192. The maximum Gasteiger partial charge on any atom is 0.336 e. The number of carbonyl (C=O) groups is 1. The van der Waals surface area contributed by atoms with Gasteiger partial charge in [-0.2, -0.15) is 0 Å². The van der Waals surface area contributed by atoms with Gasteiger partial charge in [0.05, 0.1) is 5.56 Å². The van der Waals surface area contributed by atoms with Crippen molar-refractivity contribution in [2.45, 2.75) is 13.0 Å². The first-order valence-corrected chi connectivity index (χ1v) is 6.65. The standard InChI is InChI=1S/C16H17FN2O2/c1-19(9-6-12-4-7-18-8-5-12)11-13-2-3-14(17)10-15(13)16(20)21/h2-5,7-8,10H,6,9,11H2,1H3,(H,20,21).